The number of hydrogen-bond donors (Lipinski definition) is 1. The minimum absolute atomic E-state index is 0.224. The smallest absolute Gasteiger partial charge is 0.408 e. The second-order valence-electron chi connectivity index (χ2n) is 5.84. The van der Waals surface area contributed by atoms with Gasteiger partial charge in [0.25, 0.3) is 0 Å². The molecule has 0 aliphatic heterocycles. The van der Waals surface area contributed by atoms with Crippen LogP contribution in [0.3, 0.4) is 0 Å². The predicted molar refractivity (Wildman–Crippen MR) is 106 cm³/mol. The number of oxazole rings is 1. The standard InChI is InChI=1S/C19H11ClN4O3S/c20-13-5-6-16-15(7-13)24(19(26)27-16)9-17(25)23-18-22-14(10-28-18)12-3-1-11(8-21)2-4-12/h1-7,10H,9H2,(H,22,23,25). The third-order valence-corrected chi connectivity index (χ3v) is 4.98. The Morgan fingerprint density at radius 3 is 2.82 bits per heavy atom. The third kappa shape index (κ3) is 3.53. The fraction of sp³-hybridized carbons (Fsp3) is 0.0526. The van der Waals surface area contributed by atoms with Crippen molar-refractivity contribution in [3.8, 4) is 17.3 Å². The zero-order valence-electron chi connectivity index (χ0n) is 14.2. The maximum absolute atomic E-state index is 12.4. The van der Waals surface area contributed by atoms with E-state index in [1.165, 1.54) is 15.9 Å². The summed E-state index contributed by atoms with van der Waals surface area (Å²) in [5.74, 6) is -1.05. The zero-order chi connectivity index (χ0) is 19.7. The van der Waals surface area contributed by atoms with E-state index >= 15 is 0 Å². The molecule has 138 valence electrons. The van der Waals surface area contributed by atoms with Gasteiger partial charge in [0.1, 0.15) is 6.54 Å². The van der Waals surface area contributed by atoms with Crippen molar-refractivity contribution in [1.82, 2.24) is 9.55 Å². The second-order valence-corrected chi connectivity index (χ2v) is 7.14. The summed E-state index contributed by atoms with van der Waals surface area (Å²) in [6.45, 7) is -0.224. The molecule has 2 aromatic heterocycles. The number of benzene rings is 2. The molecular formula is C19H11ClN4O3S. The van der Waals surface area contributed by atoms with Gasteiger partial charge in [-0.2, -0.15) is 5.26 Å². The Hall–Kier alpha value is -3.41. The average Bonchev–Trinajstić information content (AvgIpc) is 3.27. The number of rotatable bonds is 4. The van der Waals surface area contributed by atoms with Crippen molar-refractivity contribution in [2.75, 3.05) is 5.32 Å². The van der Waals surface area contributed by atoms with E-state index in [0.29, 0.717) is 32.5 Å². The molecule has 0 unspecified atom stereocenters. The highest BCUT2D eigenvalue weighted by atomic mass is 35.5. The van der Waals surface area contributed by atoms with Crippen LogP contribution in [-0.4, -0.2) is 15.5 Å². The van der Waals surface area contributed by atoms with E-state index in [2.05, 4.69) is 16.4 Å². The molecule has 4 aromatic rings. The van der Waals surface area contributed by atoms with Gasteiger partial charge in [-0.05, 0) is 30.3 Å². The Bertz CT molecular complexity index is 1280. The molecule has 4 rings (SSSR count). The topological polar surface area (TPSA) is 101 Å². The number of carbonyl (C=O) groups is 1. The van der Waals surface area contributed by atoms with Gasteiger partial charge in [-0.3, -0.25) is 9.36 Å². The van der Waals surface area contributed by atoms with E-state index in [1.54, 1.807) is 47.8 Å². The zero-order valence-corrected chi connectivity index (χ0v) is 15.8. The van der Waals surface area contributed by atoms with Crippen LogP contribution in [0.1, 0.15) is 5.56 Å². The number of halogens is 1. The van der Waals surface area contributed by atoms with Crippen molar-refractivity contribution >= 4 is 45.1 Å². The van der Waals surface area contributed by atoms with Gasteiger partial charge in [0.05, 0.1) is 22.8 Å². The van der Waals surface area contributed by atoms with E-state index < -0.39 is 11.7 Å². The van der Waals surface area contributed by atoms with E-state index in [-0.39, 0.29) is 6.54 Å². The van der Waals surface area contributed by atoms with Gasteiger partial charge >= 0.3 is 5.76 Å². The first-order chi connectivity index (χ1) is 13.5. The lowest BCUT2D eigenvalue weighted by molar-refractivity contribution is -0.116. The number of nitrogens with zero attached hydrogens (tertiary/aromatic N) is 3. The first kappa shape index (κ1) is 18.0. The number of aromatic nitrogens is 2. The minimum atomic E-state index is -0.634. The number of nitriles is 1. The second kappa shape index (κ2) is 7.31. The van der Waals surface area contributed by atoms with Gasteiger partial charge in [-0.25, -0.2) is 9.78 Å². The Balaban J connectivity index is 1.51. The fourth-order valence-corrected chi connectivity index (χ4v) is 3.57. The van der Waals surface area contributed by atoms with Gasteiger partial charge in [0.2, 0.25) is 5.91 Å². The van der Waals surface area contributed by atoms with Gasteiger partial charge in [-0.1, -0.05) is 23.7 Å². The number of hydrogen-bond acceptors (Lipinski definition) is 6. The first-order valence-corrected chi connectivity index (χ1v) is 9.34. The fourth-order valence-electron chi connectivity index (χ4n) is 2.67. The maximum atomic E-state index is 12.4. The van der Waals surface area contributed by atoms with Gasteiger partial charge in [0, 0.05) is 16.0 Å². The van der Waals surface area contributed by atoms with Crippen molar-refractivity contribution in [3.63, 3.8) is 0 Å². The molecule has 9 heteroatoms. The molecule has 0 radical (unpaired) electrons. The highest BCUT2D eigenvalue weighted by molar-refractivity contribution is 7.14. The largest absolute Gasteiger partial charge is 0.420 e. The molecule has 0 saturated carbocycles. The molecule has 0 atom stereocenters. The lowest BCUT2D eigenvalue weighted by atomic mass is 10.1. The van der Waals surface area contributed by atoms with Crippen molar-refractivity contribution in [3.05, 3.63) is 69.0 Å². The average molecular weight is 411 g/mol. The molecule has 0 spiro atoms. The van der Waals surface area contributed by atoms with E-state index in [0.717, 1.165) is 5.56 Å². The lowest BCUT2D eigenvalue weighted by Crippen LogP contribution is -2.24. The summed E-state index contributed by atoms with van der Waals surface area (Å²) in [5, 5.41) is 14.2. The molecule has 2 heterocycles. The summed E-state index contributed by atoms with van der Waals surface area (Å²) in [5.41, 5.74) is 2.89. The molecule has 0 fully saturated rings. The van der Waals surface area contributed by atoms with Crippen LogP contribution in [-0.2, 0) is 11.3 Å². The third-order valence-electron chi connectivity index (χ3n) is 3.99. The van der Waals surface area contributed by atoms with Gasteiger partial charge in [-0.15, -0.1) is 11.3 Å². The van der Waals surface area contributed by atoms with Crippen LogP contribution in [0.15, 0.2) is 57.1 Å². The van der Waals surface area contributed by atoms with Gasteiger partial charge in [0.15, 0.2) is 10.7 Å². The molecule has 1 amide bonds. The Morgan fingerprint density at radius 1 is 1.29 bits per heavy atom. The van der Waals surface area contributed by atoms with Crippen molar-refractivity contribution < 1.29 is 9.21 Å². The summed E-state index contributed by atoms with van der Waals surface area (Å²) >= 11 is 7.23. The lowest BCUT2D eigenvalue weighted by Gasteiger charge is -2.03. The van der Waals surface area contributed by atoms with E-state index in [1.807, 2.05) is 0 Å². The molecule has 7 nitrogen and oxygen atoms in total. The van der Waals surface area contributed by atoms with Crippen molar-refractivity contribution in [2.24, 2.45) is 0 Å². The van der Waals surface area contributed by atoms with E-state index in [4.69, 9.17) is 21.3 Å². The van der Waals surface area contributed by atoms with Gasteiger partial charge < -0.3 is 9.73 Å². The van der Waals surface area contributed by atoms with Crippen LogP contribution in [0, 0.1) is 11.3 Å². The maximum Gasteiger partial charge on any atom is 0.420 e. The summed E-state index contributed by atoms with van der Waals surface area (Å²) in [6.07, 6.45) is 0. The SMILES string of the molecule is N#Cc1ccc(-c2csc(NC(=O)Cn3c(=O)oc4ccc(Cl)cc43)n2)cc1. The van der Waals surface area contributed by atoms with E-state index in [9.17, 15) is 9.59 Å². The van der Waals surface area contributed by atoms with Crippen molar-refractivity contribution in [1.29, 1.82) is 5.26 Å². The Morgan fingerprint density at radius 2 is 2.07 bits per heavy atom. The molecule has 0 aliphatic rings. The molecular weight excluding hydrogens is 400 g/mol. The van der Waals surface area contributed by atoms with Crippen molar-refractivity contribution in [2.45, 2.75) is 6.54 Å². The molecule has 28 heavy (non-hydrogen) atoms. The quantitative estimate of drug-likeness (QED) is 0.550. The summed E-state index contributed by atoms with van der Waals surface area (Å²) < 4.78 is 6.33. The Kier molecular flexibility index (Phi) is 4.69. The summed E-state index contributed by atoms with van der Waals surface area (Å²) in [6, 6.07) is 13.8. The molecule has 2 aromatic carbocycles. The number of carbonyl (C=O) groups excluding carboxylic acids is 1. The monoisotopic (exact) mass is 410 g/mol. The number of anilines is 1. The van der Waals surface area contributed by atoms with Crippen LogP contribution in [0.25, 0.3) is 22.4 Å². The number of fused-ring (bicyclic) bond motifs is 1. The van der Waals surface area contributed by atoms with Crippen LogP contribution in [0.2, 0.25) is 5.02 Å². The normalized spacial score (nSPS) is 10.7. The molecule has 0 aliphatic carbocycles. The minimum Gasteiger partial charge on any atom is -0.408 e. The molecule has 1 N–H and O–H groups in total. The highest BCUT2D eigenvalue weighted by Crippen LogP contribution is 2.25. The van der Waals surface area contributed by atoms with Crippen LogP contribution in [0.5, 0.6) is 0 Å². The molecule has 0 saturated heterocycles. The number of thiazole rings is 1. The summed E-state index contributed by atoms with van der Waals surface area (Å²) in [4.78, 5) is 28.8. The number of amides is 1. The molecule has 0 bridgehead atoms. The predicted octanol–water partition coefficient (Wildman–Crippen LogP) is 3.88. The van der Waals surface area contributed by atoms with Crippen LogP contribution in [0.4, 0.5) is 5.13 Å². The van der Waals surface area contributed by atoms with Crippen LogP contribution >= 0.6 is 22.9 Å². The number of nitrogens with one attached hydrogen (secondary N) is 1. The van der Waals surface area contributed by atoms with Crippen LogP contribution < -0.4 is 11.1 Å². The first-order valence-electron chi connectivity index (χ1n) is 8.08. The summed E-state index contributed by atoms with van der Waals surface area (Å²) in [7, 11) is 0. The Labute approximate surface area is 167 Å². The highest BCUT2D eigenvalue weighted by Gasteiger charge is 2.14.